The third kappa shape index (κ3) is 4.27. The lowest BCUT2D eigenvalue weighted by Crippen LogP contribution is -2.03. The van der Waals surface area contributed by atoms with E-state index in [1.807, 2.05) is 0 Å². The highest BCUT2D eigenvalue weighted by Crippen LogP contribution is 2.27. The molecule has 0 aromatic heterocycles. The van der Waals surface area contributed by atoms with Gasteiger partial charge in [-0.05, 0) is 42.0 Å². The largest absolute Gasteiger partial charge is 0.422 e. The Balaban J connectivity index is 2.03. The van der Waals surface area contributed by atoms with E-state index < -0.39 is 5.97 Å². The average Bonchev–Trinajstić information content (AvgIpc) is 2.41. The summed E-state index contributed by atoms with van der Waals surface area (Å²) in [6, 6.07) is 11.7. The lowest BCUT2D eigenvalue weighted by atomic mass is 10.2. The first kappa shape index (κ1) is 14.9. The van der Waals surface area contributed by atoms with Crippen molar-refractivity contribution < 1.29 is 9.53 Å². The van der Waals surface area contributed by atoms with E-state index in [4.69, 9.17) is 39.5 Å². The topological polar surface area (TPSA) is 26.3 Å². The number of benzene rings is 2. The number of carbonyl (C=O) groups is 1. The van der Waals surface area contributed by atoms with Crippen molar-refractivity contribution in [1.82, 2.24) is 0 Å². The number of rotatable bonds is 3. The molecule has 0 radical (unpaired) electrons. The molecule has 0 saturated heterocycles. The first-order valence-electron chi connectivity index (χ1n) is 5.65. The average molecular weight is 328 g/mol. The van der Waals surface area contributed by atoms with Gasteiger partial charge in [-0.25, -0.2) is 4.79 Å². The predicted octanol–water partition coefficient (Wildman–Crippen LogP) is 5.27. The number of halogens is 3. The van der Waals surface area contributed by atoms with Crippen molar-refractivity contribution in [2.75, 3.05) is 0 Å². The molecule has 0 atom stereocenters. The molecule has 0 aliphatic heterocycles. The molecule has 2 nitrogen and oxygen atoms in total. The van der Waals surface area contributed by atoms with E-state index in [1.54, 1.807) is 42.5 Å². The summed E-state index contributed by atoms with van der Waals surface area (Å²) in [7, 11) is 0. The SMILES string of the molecule is O=C(/C=C/c1ccc(Cl)cc1)Oc1ccc(Cl)cc1Cl. The molecule has 5 heteroatoms. The summed E-state index contributed by atoms with van der Waals surface area (Å²) < 4.78 is 5.10. The van der Waals surface area contributed by atoms with Gasteiger partial charge in [-0.3, -0.25) is 0 Å². The van der Waals surface area contributed by atoms with Gasteiger partial charge in [0.2, 0.25) is 0 Å². The molecule has 0 heterocycles. The van der Waals surface area contributed by atoms with Gasteiger partial charge in [0.05, 0.1) is 5.02 Å². The highest BCUT2D eigenvalue weighted by molar-refractivity contribution is 6.35. The molecule has 0 aliphatic carbocycles. The maximum atomic E-state index is 11.7. The van der Waals surface area contributed by atoms with Crippen molar-refractivity contribution in [3.8, 4) is 5.75 Å². The van der Waals surface area contributed by atoms with E-state index in [2.05, 4.69) is 0 Å². The predicted molar refractivity (Wildman–Crippen MR) is 82.6 cm³/mol. The maximum absolute atomic E-state index is 11.7. The molecule has 0 N–H and O–H groups in total. The smallest absolute Gasteiger partial charge is 0.336 e. The highest BCUT2D eigenvalue weighted by atomic mass is 35.5. The van der Waals surface area contributed by atoms with Crippen LogP contribution in [0, 0.1) is 0 Å². The second-order valence-electron chi connectivity index (χ2n) is 3.88. The Morgan fingerprint density at radius 1 is 0.950 bits per heavy atom. The Morgan fingerprint density at radius 2 is 1.60 bits per heavy atom. The molecule has 102 valence electrons. The summed E-state index contributed by atoms with van der Waals surface area (Å²) >= 11 is 17.4. The molecule has 20 heavy (non-hydrogen) atoms. The van der Waals surface area contributed by atoms with Gasteiger partial charge < -0.3 is 4.74 Å². The molecule has 0 amide bonds. The van der Waals surface area contributed by atoms with Gasteiger partial charge >= 0.3 is 5.97 Å². The highest BCUT2D eigenvalue weighted by Gasteiger charge is 2.06. The summed E-state index contributed by atoms with van der Waals surface area (Å²) in [5.41, 5.74) is 0.841. The lowest BCUT2D eigenvalue weighted by Gasteiger charge is -2.03. The normalized spacial score (nSPS) is 10.8. The van der Waals surface area contributed by atoms with Crippen molar-refractivity contribution in [3.05, 3.63) is 69.2 Å². The van der Waals surface area contributed by atoms with Crippen LogP contribution < -0.4 is 4.74 Å². The van der Waals surface area contributed by atoms with E-state index >= 15 is 0 Å². The van der Waals surface area contributed by atoms with Gasteiger partial charge in [0.1, 0.15) is 5.75 Å². The number of hydrogen-bond acceptors (Lipinski definition) is 2. The Bertz CT molecular complexity index is 649. The summed E-state index contributed by atoms with van der Waals surface area (Å²) in [6.07, 6.45) is 2.94. The zero-order chi connectivity index (χ0) is 14.5. The summed E-state index contributed by atoms with van der Waals surface area (Å²) in [5, 5.41) is 1.40. The Labute approximate surface area is 131 Å². The van der Waals surface area contributed by atoms with Crippen molar-refractivity contribution in [2.45, 2.75) is 0 Å². The molecular formula is C15H9Cl3O2. The third-order valence-electron chi connectivity index (χ3n) is 2.39. The summed E-state index contributed by atoms with van der Waals surface area (Å²) in [5.74, 6) is -0.258. The molecule has 2 aromatic rings. The molecule has 0 saturated carbocycles. The number of esters is 1. The van der Waals surface area contributed by atoms with E-state index in [0.29, 0.717) is 10.0 Å². The van der Waals surface area contributed by atoms with E-state index in [1.165, 1.54) is 12.1 Å². The Kier molecular flexibility index (Phi) is 5.07. The van der Waals surface area contributed by atoms with Gasteiger partial charge in [0.25, 0.3) is 0 Å². The Morgan fingerprint density at radius 3 is 2.25 bits per heavy atom. The number of carbonyl (C=O) groups excluding carboxylic acids is 1. The minimum Gasteiger partial charge on any atom is -0.422 e. The summed E-state index contributed by atoms with van der Waals surface area (Å²) in [4.78, 5) is 11.7. The van der Waals surface area contributed by atoms with Crippen LogP contribution in [0.5, 0.6) is 5.75 Å². The number of hydrogen-bond donors (Lipinski definition) is 0. The molecular weight excluding hydrogens is 319 g/mol. The van der Waals surface area contributed by atoms with Crippen LogP contribution in [-0.2, 0) is 4.79 Å². The van der Waals surface area contributed by atoms with Gasteiger partial charge in [0, 0.05) is 16.1 Å². The van der Waals surface area contributed by atoms with Crippen LogP contribution >= 0.6 is 34.8 Å². The molecule has 0 unspecified atom stereocenters. The monoisotopic (exact) mass is 326 g/mol. The molecule has 0 fully saturated rings. The van der Waals surface area contributed by atoms with Gasteiger partial charge in [0.15, 0.2) is 0 Å². The van der Waals surface area contributed by atoms with E-state index in [9.17, 15) is 4.79 Å². The zero-order valence-electron chi connectivity index (χ0n) is 10.1. The minimum atomic E-state index is -0.524. The standard InChI is InChI=1S/C15H9Cl3O2/c16-11-4-1-10(2-5-11)3-8-15(19)20-14-7-6-12(17)9-13(14)18/h1-9H/b8-3+. The van der Waals surface area contributed by atoms with Crippen LogP contribution in [0.15, 0.2) is 48.5 Å². The Hall–Kier alpha value is -1.48. The zero-order valence-corrected chi connectivity index (χ0v) is 12.4. The molecule has 0 aliphatic rings. The minimum absolute atomic E-state index is 0.266. The van der Waals surface area contributed by atoms with Crippen LogP contribution in [0.3, 0.4) is 0 Å². The fourth-order valence-corrected chi connectivity index (χ4v) is 2.01. The van der Waals surface area contributed by atoms with Crippen LogP contribution in [0.4, 0.5) is 0 Å². The van der Waals surface area contributed by atoms with Gasteiger partial charge in [-0.15, -0.1) is 0 Å². The van der Waals surface area contributed by atoms with Crippen molar-refractivity contribution in [3.63, 3.8) is 0 Å². The van der Waals surface area contributed by atoms with Crippen LogP contribution in [0.1, 0.15) is 5.56 Å². The first-order valence-corrected chi connectivity index (χ1v) is 6.78. The third-order valence-corrected chi connectivity index (χ3v) is 3.17. The second kappa shape index (κ2) is 6.80. The van der Waals surface area contributed by atoms with Gasteiger partial charge in [-0.2, -0.15) is 0 Å². The van der Waals surface area contributed by atoms with Crippen LogP contribution in [0.25, 0.3) is 6.08 Å². The van der Waals surface area contributed by atoms with Crippen LogP contribution in [0.2, 0.25) is 15.1 Å². The van der Waals surface area contributed by atoms with E-state index in [0.717, 1.165) is 5.56 Å². The van der Waals surface area contributed by atoms with Crippen molar-refractivity contribution in [2.24, 2.45) is 0 Å². The quantitative estimate of drug-likeness (QED) is 0.436. The van der Waals surface area contributed by atoms with Crippen molar-refractivity contribution in [1.29, 1.82) is 0 Å². The van der Waals surface area contributed by atoms with Crippen molar-refractivity contribution >= 4 is 46.8 Å². The summed E-state index contributed by atoms with van der Waals surface area (Å²) in [6.45, 7) is 0. The second-order valence-corrected chi connectivity index (χ2v) is 5.16. The fraction of sp³-hybridized carbons (Fsp3) is 0. The molecule has 0 bridgehead atoms. The fourth-order valence-electron chi connectivity index (χ4n) is 1.44. The van der Waals surface area contributed by atoms with Gasteiger partial charge in [-0.1, -0.05) is 46.9 Å². The number of ether oxygens (including phenoxy) is 1. The first-order chi connectivity index (χ1) is 9.54. The molecule has 0 spiro atoms. The van der Waals surface area contributed by atoms with Crippen LogP contribution in [-0.4, -0.2) is 5.97 Å². The molecule has 2 rings (SSSR count). The molecule has 2 aromatic carbocycles. The maximum Gasteiger partial charge on any atom is 0.336 e. The lowest BCUT2D eigenvalue weighted by molar-refractivity contribution is -0.128. The van der Waals surface area contributed by atoms with E-state index in [-0.39, 0.29) is 10.8 Å².